The molecule has 1 atom stereocenters. The zero-order valence-electron chi connectivity index (χ0n) is 10.9. The molecule has 1 aliphatic rings. The van der Waals surface area contributed by atoms with E-state index < -0.39 is 6.10 Å². The molecule has 2 amide bonds. The number of piperidine rings is 1. The summed E-state index contributed by atoms with van der Waals surface area (Å²) in [7, 11) is 0. The number of carbonyl (C=O) groups excluding carboxylic acids is 2. The average molecular weight is 262 g/mol. The number of amides is 2. The van der Waals surface area contributed by atoms with Gasteiger partial charge in [0.15, 0.2) is 5.78 Å². The third-order valence-corrected chi connectivity index (χ3v) is 3.20. The zero-order chi connectivity index (χ0) is 13.8. The van der Waals surface area contributed by atoms with Gasteiger partial charge in [-0.2, -0.15) is 0 Å². The van der Waals surface area contributed by atoms with Crippen LogP contribution < -0.4 is 5.32 Å². The van der Waals surface area contributed by atoms with Gasteiger partial charge in [0.25, 0.3) is 0 Å². The summed E-state index contributed by atoms with van der Waals surface area (Å²) in [5.74, 6) is -0.0375. The molecule has 2 rings (SSSR count). The fourth-order valence-corrected chi connectivity index (χ4v) is 2.16. The topological polar surface area (TPSA) is 69.6 Å². The number of likely N-dealkylation sites (tertiary alicyclic amines) is 1. The Hall–Kier alpha value is -1.88. The highest BCUT2D eigenvalue weighted by atomic mass is 16.3. The maximum absolute atomic E-state index is 12.0. The lowest BCUT2D eigenvalue weighted by atomic mass is 10.1. The highest BCUT2D eigenvalue weighted by molar-refractivity contribution is 5.96. The van der Waals surface area contributed by atoms with Gasteiger partial charge < -0.3 is 15.3 Å². The number of carbonyl (C=O) groups is 2. The quantitative estimate of drug-likeness (QED) is 0.799. The van der Waals surface area contributed by atoms with Crippen LogP contribution in [0.4, 0.5) is 10.5 Å². The standard InChI is InChI=1S/C14H18N2O3/c1-10(17)11-4-2-5-12(8-11)15-14(19)16-7-3-6-13(18)9-16/h2,4-5,8,13,18H,3,6-7,9H2,1H3,(H,15,19)/t13-/m1/s1. The lowest BCUT2D eigenvalue weighted by molar-refractivity contribution is 0.0883. The van der Waals surface area contributed by atoms with E-state index in [4.69, 9.17) is 0 Å². The highest BCUT2D eigenvalue weighted by Crippen LogP contribution is 2.14. The van der Waals surface area contributed by atoms with E-state index in [-0.39, 0.29) is 11.8 Å². The Balaban J connectivity index is 2.02. The van der Waals surface area contributed by atoms with Gasteiger partial charge in [-0.25, -0.2) is 4.79 Å². The molecule has 1 aliphatic heterocycles. The van der Waals surface area contributed by atoms with Crippen LogP contribution in [-0.2, 0) is 0 Å². The van der Waals surface area contributed by atoms with Crippen molar-refractivity contribution >= 4 is 17.5 Å². The van der Waals surface area contributed by atoms with Gasteiger partial charge in [-0.15, -0.1) is 0 Å². The fraction of sp³-hybridized carbons (Fsp3) is 0.429. The third-order valence-electron chi connectivity index (χ3n) is 3.20. The minimum Gasteiger partial charge on any atom is -0.391 e. The van der Waals surface area contributed by atoms with Crippen LogP contribution in [-0.4, -0.2) is 41.0 Å². The number of aliphatic hydroxyl groups excluding tert-OH is 1. The number of β-amino-alcohol motifs (C(OH)–C–C–N with tert-alkyl or cyclic N) is 1. The number of nitrogens with zero attached hydrogens (tertiary/aromatic N) is 1. The van der Waals surface area contributed by atoms with E-state index in [2.05, 4.69) is 5.32 Å². The molecule has 1 aromatic rings. The number of urea groups is 1. The van der Waals surface area contributed by atoms with Crippen LogP contribution in [0.2, 0.25) is 0 Å². The molecule has 1 fully saturated rings. The van der Waals surface area contributed by atoms with E-state index in [1.165, 1.54) is 6.92 Å². The molecule has 1 heterocycles. The normalized spacial score (nSPS) is 19.1. The first-order valence-corrected chi connectivity index (χ1v) is 6.41. The number of Topliss-reactive ketones (excluding diaryl/α,β-unsaturated/α-hetero) is 1. The summed E-state index contributed by atoms with van der Waals surface area (Å²) in [6, 6.07) is 6.60. The Labute approximate surface area is 112 Å². The van der Waals surface area contributed by atoms with Crippen LogP contribution in [0.15, 0.2) is 24.3 Å². The molecule has 2 N–H and O–H groups in total. The second kappa shape index (κ2) is 5.84. The van der Waals surface area contributed by atoms with Crippen LogP contribution in [0.5, 0.6) is 0 Å². The molecule has 0 spiro atoms. The van der Waals surface area contributed by atoms with Crippen molar-refractivity contribution in [3.05, 3.63) is 29.8 Å². The predicted molar refractivity (Wildman–Crippen MR) is 72.3 cm³/mol. The third kappa shape index (κ3) is 3.54. The predicted octanol–water partition coefficient (Wildman–Crippen LogP) is 1.88. The molecule has 1 aromatic carbocycles. The Bertz CT molecular complexity index is 487. The van der Waals surface area contributed by atoms with Gasteiger partial charge in [-0.1, -0.05) is 12.1 Å². The van der Waals surface area contributed by atoms with Crippen LogP contribution in [0, 0.1) is 0 Å². The van der Waals surface area contributed by atoms with Crippen LogP contribution in [0.3, 0.4) is 0 Å². The van der Waals surface area contributed by atoms with Gasteiger partial charge in [-0.3, -0.25) is 4.79 Å². The van der Waals surface area contributed by atoms with Gasteiger partial charge in [-0.05, 0) is 31.9 Å². The molecule has 19 heavy (non-hydrogen) atoms. The lowest BCUT2D eigenvalue weighted by Gasteiger charge is -2.30. The Morgan fingerprint density at radius 1 is 1.42 bits per heavy atom. The van der Waals surface area contributed by atoms with E-state index in [0.29, 0.717) is 24.3 Å². The number of rotatable bonds is 2. The molecule has 102 valence electrons. The van der Waals surface area contributed by atoms with Gasteiger partial charge in [0.05, 0.1) is 6.10 Å². The van der Waals surface area contributed by atoms with Crippen molar-refractivity contribution in [2.45, 2.75) is 25.9 Å². The van der Waals surface area contributed by atoms with Gasteiger partial charge in [0.2, 0.25) is 0 Å². The summed E-state index contributed by atoms with van der Waals surface area (Å²) < 4.78 is 0. The number of anilines is 1. The SMILES string of the molecule is CC(=O)c1cccc(NC(=O)N2CCC[C@@H](O)C2)c1. The van der Waals surface area contributed by atoms with E-state index in [1.807, 2.05) is 0 Å². The summed E-state index contributed by atoms with van der Waals surface area (Å²) in [5, 5.41) is 12.3. The van der Waals surface area contributed by atoms with E-state index in [0.717, 1.165) is 12.8 Å². The van der Waals surface area contributed by atoms with Gasteiger partial charge >= 0.3 is 6.03 Å². The molecule has 0 radical (unpaired) electrons. The monoisotopic (exact) mass is 262 g/mol. The molecule has 0 aliphatic carbocycles. The molecule has 5 heteroatoms. The van der Waals surface area contributed by atoms with Gasteiger partial charge in [0.1, 0.15) is 0 Å². The Kier molecular flexibility index (Phi) is 4.16. The number of benzene rings is 1. The molecule has 0 bridgehead atoms. The maximum atomic E-state index is 12.0. The molecular weight excluding hydrogens is 244 g/mol. The summed E-state index contributed by atoms with van der Waals surface area (Å²) in [6.45, 7) is 2.50. The van der Waals surface area contributed by atoms with E-state index in [9.17, 15) is 14.7 Å². The summed E-state index contributed by atoms with van der Waals surface area (Å²) in [6.07, 6.45) is 1.11. The summed E-state index contributed by atoms with van der Waals surface area (Å²) in [4.78, 5) is 24.9. The highest BCUT2D eigenvalue weighted by Gasteiger charge is 2.21. The molecule has 0 aromatic heterocycles. The second-order valence-electron chi connectivity index (χ2n) is 4.81. The number of hydrogen-bond donors (Lipinski definition) is 2. The number of hydrogen-bond acceptors (Lipinski definition) is 3. The van der Waals surface area contributed by atoms with Gasteiger partial charge in [0, 0.05) is 24.3 Å². The van der Waals surface area contributed by atoms with Crippen molar-refractivity contribution in [2.24, 2.45) is 0 Å². The maximum Gasteiger partial charge on any atom is 0.321 e. The Morgan fingerprint density at radius 2 is 2.21 bits per heavy atom. The zero-order valence-corrected chi connectivity index (χ0v) is 10.9. The van der Waals surface area contributed by atoms with Crippen molar-refractivity contribution in [3.8, 4) is 0 Å². The first-order valence-electron chi connectivity index (χ1n) is 6.41. The molecule has 5 nitrogen and oxygen atoms in total. The molecule has 0 unspecified atom stereocenters. The van der Waals surface area contributed by atoms with Crippen molar-refractivity contribution in [3.63, 3.8) is 0 Å². The fourth-order valence-electron chi connectivity index (χ4n) is 2.16. The Morgan fingerprint density at radius 3 is 2.89 bits per heavy atom. The molecule has 1 saturated heterocycles. The second-order valence-corrected chi connectivity index (χ2v) is 4.81. The van der Waals surface area contributed by atoms with E-state index >= 15 is 0 Å². The lowest BCUT2D eigenvalue weighted by Crippen LogP contribution is -2.44. The van der Waals surface area contributed by atoms with Crippen molar-refractivity contribution < 1.29 is 14.7 Å². The first-order chi connectivity index (χ1) is 9.06. The minimum atomic E-state index is -0.442. The number of nitrogens with one attached hydrogen (secondary N) is 1. The minimum absolute atomic E-state index is 0.0375. The smallest absolute Gasteiger partial charge is 0.321 e. The van der Waals surface area contributed by atoms with E-state index in [1.54, 1.807) is 29.2 Å². The largest absolute Gasteiger partial charge is 0.391 e. The first kappa shape index (κ1) is 13.5. The van der Waals surface area contributed by atoms with Crippen LogP contribution >= 0.6 is 0 Å². The van der Waals surface area contributed by atoms with Crippen molar-refractivity contribution in [1.82, 2.24) is 4.90 Å². The molecular formula is C14H18N2O3. The van der Waals surface area contributed by atoms with Crippen molar-refractivity contribution in [1.29, 1.82) is 0 Å². The summed E-state index contributed by atoms with van der Waals surface area (Å²) in [5.41, 5.74) is 1.16. The summed E-state index contributed by atoms with van der Waals surface area (Å²) >= 11 is 0. The average Bonchev–Trinajstić information content (AvgIpc) is 2.39. The van der Waals surface area contributed by atoms with Crippen molar-refractivity contribution in [2.75, 3.05) is 18.4 Å². The molecule has 0 saturated carbocycles. The number of ketones is 1. The number of aliphatic hydroxyl groups is 1. The van der Waals surface area contributed by atoms with Crippen LogP contribution in [0.25, 0.3) is 0 Å². The van der Waals surface area contributed by atoms with Crippen LogP contribution in [0.1, 0.15) is 30.1 Å².